The minimum Gasteiger partial charge on any atom is -0.367 e. The smallest absolute Gasteiger partial charge is 0.225 e. The zero-order valence-electron chi connectivity index (χ0n) is 20.2. The number of carbonyl (C=O) groups is 1. The van der Waals surface area contributed by atoms with Crippen LogP contribution < -0.4 is 15.5 Å². The third-order valence-corrected chi connectivity index (χ3v) is 7.15. The van der Waals surface area contributed by atoms with Crippen molar-refractivity contribution in [2.75, 3.05) is 64.3 Å². The maximum absolute atomic E-state index is 12.6. The van der Waals surface area contributed by atoms with Gasteiger partial charge in [-0.2, -0.15) is 5.10 Å². The predicted molar refractivity (Wildman–Crippen MR) is 143 cm³/mol. The second-order valence-corrected chi connectivity index (χ2v) is 9.45. The molecule has 186 valence electrons. The van der Waals surface area contributed by atoms with Crippen molar-refractivity contribution in [1.29, 1.82) is 0 Å². The minimum atomic E-state index is 0. The number of aryl methyl sites for hydroxylation is 1. The third kappa shape index (κ3) is 7.21. The van der Waals surface area contributed by atoms with Crippen molar-refractivity contribution in [3.05, 3.63) is 12.4 Å². The first-order valence-corrected chi connectivity index (χ1v) is 12.3. The van der Waals surface area contributed by atoms with Crippen LogP contribution in [0.15, 0.2) is 17.4 Å². The number of nitrogens with zero attached hydrogens (tertiary/aromatic N) is 6. The Balaban J connectivity index is 0.00000306. The lowest BCUT2D eigenvalue weighted by Crippen LogP contribution is -2.53. The van der Waals surface area contributed by atoms with Gasteiger partial charge in [0, 0.05) is 84.6 Å². The standard InChI is InChI=1S/C23H40N8O.HI/c1-24-23(27-20-8-5-10-31(17-20)21-16-26-28(2)18-21)25-9-11-29-12-14-30(15-13-29)22(32)19-6-3-4-7-19;/h16,18-20H,3-15,17H2,1-2H3,(H2,24,25,27);1H. The quantitative estimate of drug-likeness (QED) is 0.306. The summed E-state index contributed by atoms with van der Waals surface area (Å²) in [6, 6.07) is 0.375. The Kier molecular flexibility index (Phi) is 10.1. The van der Waals surface area contributed by atoms with Gasteiger partial charge in [0.15, 0.2) is 5.96 Å². The van der Waals surface area contributed by atoms with Crippen LogP contribution in [0, 0.1) is 5.92 Å². The molecule has 1 aliphatic carbocycles. The highest BCUT2D eigenvalue weighted by atomic mass is 127. The number of anilines is 1. The number of piperazine rings is 1. The molecule has 1 atom stereocenters. The van der Waals surface area contributed by atoms with E-state index in [1.54, 1.807) is 0 Å². The number of aliphatic imine (C=N–C) groups is 1. The molecule has 4 rings (SSSR count). The van der Waals surface area contributed by atoms with Gasteiger partial charge in [-0.3, -0.25) is 19.4 Å². The molecule has 1 aromatic heterocycles. The highest BCUT2D eigenvalue weighted by Gasteiger charge is 2.29. The normalized spacial score (nSPS) is 22.8. The lowest BCUT2D eigenvalue weighted by Gasteiger charge is -2.36. The summed E-state index contributed by atoms with van der Waals surface area (Å²) in [5.74, 6) is 1.57. The van der Waals surface area contributed by atoms with E-state index < -0.39 is 0 Å². The number of piperidine rings is 1. The molecular formula is C23H41IN8O. The first-order valence-electron chi connectivity index (χ1n) is 12.3. The van der Waals surface area contributed by atoms with Crippen LogP contribution in [0.5, 0.6) is 0 Å². The molecule has 1 amide bonds. The molecule has 3 fully saturated rings. The maximum Gasteiger partial charge on any atom is 0.225 e. The monoisotopic (exact) mass is 572 g/mol. The molecule has 2 N–H and O–H groups in total. The number of hydrogen-bond donors (Lipinski definition) is 2. The van der Waals surface area contributed by atoms with E-state index in [4.69, 9.17) is 0 Å². The summed E-state index contributed by atoms with van der Waals surface area (Å²) >= 11 is 0. The van der Waals surface area contributed by atoms with Crippen LogP contribution in [0.4, 0.5) is 5.69 Å². The Hall–Kier alpha value is -1.56. The summed E-state index contributed by atoms with van der Waals surface area (Å²) in [5, 5.41) is 11.4. The molecule has 1 unspecified atom stereocenters. The SMILES string of the molecule is CN=C(NCCN1CCN(C(=O)C2CCCC2)CC1)NC1CCCN(c2cnn(C)c2)C1.I. The summed E-state index contributed by atoms with van der Waals surface area (Å²) in [6.45, 7) is 7.54. The number of hydrogen-bond acceptors (Lipinski definition) is 5. The topological polar surface area (TPSA) is 81.0 Å². The van der Waals surface area contributed by atoms with E-state index >= 15 is 0 Å². The van der Waals surface area contributed by atoms with Crippen LogP contribution in [0.3, 0.4) is 0 Å². The van der Waals surface area contributed by atoms with E-state index in [-0.39, 0.29) is 24.0 Å². The molecule has 2 saturated heterocycles. The second-order valence-electron chi connectivity index (χ2n) is 9.45. The molecule has 0 radical (unpaired) electrons. The number of guanidine groups is 1. The highest BCUT2D eigenvalue weighted by Crippen LogP contribution is 2.27. The first-order chi connectivity index (χ1) is 15.6. The summed E-state index contributed by atoms with van der Waals surface area (Å²) in [6.07, 6.45) is 11.0. The van der Waals surface area contributed by atoms with Crippen molar-refractivity contribution in [3.8, 4) is 0 Å². The molecule has 0 spiro atoms. The summed E-state index contributed by atoms with van der Waals surface area (Å²) < 4.78 is 1.86. The van der Waals surface area contributed by atoms with Gasteiger partial charge >= 0.3 is 0 Å². The zero-order valence-corrected chi connectivity index (χ0v) is 22.5. The van der Waals surface area contributed by atoms with Crippen LogP contribution in [0.1, 0.15) is 38.5 Å². The number of aromatic nitrogens is 2. The van der Waals surface area contributed by atoms with E-state index in [0.29, 0.717) is 17.9 Å². The van der Waals surface area contributed by atoms with Gasteiger partial charge in [0.1, 0.15) is 0 Å². The Morgan fingerprint density at radius 2 is 1.88 bits per heavy atom. The van der Waals surface area contributed by atoms with E-state index in [1.807, 2.05) is 25.0 Å². The Labute approximate surface area is 215 Å². The molecular weight excluding hydrogens is 531 g/mol. The summed E-state index contributed by atoms with van der Waals surface area (Å²) in [7, 11) is 3.80. The number of halogens is 1. The number of amides is 1. The van der Waals surface area contributed by atoms with E-state index in [1.165, 1.54) is 18.5 Å². The van der Waals surface area contributed by atoms with E-state index in [9.17, 15) is 4.79 Å². The Morgan fingerprint density at radius 1 is 1.12 bits per heavy atom. The minimum absolute atomic E-state index is 0. The van der Waals surface area contributed by atoms with Crippen molar-refractivity contribution in [2.24, 2.45) is 18.0 Å². The fourth-order valence-electron chi connectivity index (χ4n) is 5.24. The molecule has 9 nitrogen and oxygen atoms in total. The van der Waals surface area contributed by atoms with Crippen molar-refractivity contribution >= 4 is 41.5 Å². The van der Waals surface area contributed by atoms with Gasteiger partial charge in [0.05, 0.1) is 11.9 Å². The highest BCUT2D eigenvalue weighted by molar-refractivity contribution is 14.0. The summed E-state index contributed by atoms with van der Waals surface area (Å²) in [4.78, 5) is 24.0. The lowest BCUT2D eigenvalue weighted by atomic mass is 10.1. The van der Waals surface area contributed by atoms with E-state index in [2.05, 4.69) is 41.6 Å². The van der Waals surface area contributed by atoms with Gasteiger partial charge in [-0.15, -0.1) is 24.0 Å². The van der Waals surface area contributed by atoms with Crippen molar-refractivity contribution < 1.29 is 4.79 Å². The molecule has 0 bridgehead atoms. The fourth-order valence-corrected chi connectivity index (χ4v) is 5.24. The Morgan fingerprint density at radius 3 is 2.55 bits per heavy atom. The van der Waals surface area contributed by atoms with Crippen LogP contribution >= 0.6 is 24.0 Å². The molecule has 1 saturated carbocycles. The van der Waals surface area contributed by atoms with Gasteiger partial charge in [-0.1, -0.05) is 12.8 Å². The number of carbonyl (C=O) groups excluding carboxylic acids is 1. The first kappa shape index (κ1) is 26.1. The average molecular weight is 573 g/mol. The average Bonchev–Trinajstić information content (AvgIpc) is 3.51. The molecule has 3 heterocycles. The molecule has 10 heteroatoms. The van der Waals surface area contributed by atoms with E-state index in [0.717, 1.165) is 84.0 Å². The summed E-state index contributed by atoms with van der Waals surface area (Å²) in [5.41, 5.74) is 1.19. The van der Waals surface area contributed by atoms with Crippen molar-refractivity contribution in [3.63, 3.8) is 0 Å². The van der Waals surface area contributed by atoms with Gasteiger partial charge in [0.2, 0.25) is 5.91 Å². The maximum atomic E-state index is 12.6. The van der Waals surface area contributed by atoms with Crippen molar-refractivity contribution in [2.45, 2.75) is 44.6 Å². The largest absolute Gasteiger partial charge is 0.367 e. The lowest BCUT2D eigenvalue weighted by molar-refractivity contribution is -0.137. The van der Waals surface area contributed by atoms with Crippen molar-refractivity contribution in [1.82, 2.24) is 30.2 Å². The molecule has 33 heavy (non-hydrogen) atoms. The fraction of sp³-hybridized carbons (Fsp3) is 0.783. The van der Waals surface area contributed by atoms with Gasteiger partial charge in [0.25, 0.3) is 0 Å². The number of rotatable bonds is 6. The van der Waals surface area contributed by atoms with Crippen LogP contribution in [0.2, 0.25) is 0 Å². The zero-order chi connectivity index (χ0) is 22.3. The van der Waals surface area contributed by atoms with Gasteiger partial charge < -0.3 is 20.4 Å². The molecule has 0 aromatic carbocycles. The van der Waals surface area contributed by atoms with Gasteiger partial charge in [-0.05, 0) is 25.7 Å². The van der Waals surface area contributed by atoms with Crippen LogP contribution in [-0.4, -0.2) is 96.9 Å². The number of nitrogens with one attached hydrogen (secondary N) is 2. The predicted octanol–water partition coefficient (Wildman–Crippen LogP) is 1.51. The molecule has 2 aliphatic heterocycles. The Bertz CT molecular complexity index is 770. The third-order valence-electron chi connectivity index (χ3n) is 7.15. The molecule has 3 aliphatic rings. The molecule has 1 aromatic rings. The van der Waals surface area contributed by atoms with Gasteiger partial charge in [-0.25, -0.2) is 0 Å². The van der Waals surface area contributed by atoms with Crippen LogP contribution in [0.25, 0.3) is 0 Å². The second kappa shape index (κ2) is 12.8. The van der Waals surface area contributed by atoms with Crippen LogP contribution in [-0.2, 0) is 11.8 Å².